The second kappa shape index (κ2) is 6.02. The molecular weight excluding hydrogens is 198 g/mol. The molecule has 0 unspecified atom stereocenters. The lowest BCUT2D eigenvalue weighted by Gasteiger charge is -2.40. The van der Waals surface area contributed by atoms with Crippen LogP contribution in [0.4, 0.5) is 0 Å². The van der Waals surface area contributed by atoms with Crippen LogP contribution in [-0.4, -0.2) is 35.7 Å². The zero-order chi connectivity index (χ0) is 11.4. The highest BCUT2D eigenvalue weighted by molar-refractivity contribution is 4.82. The summed E-state index contributed by atoms with van der Waals surface area (Å²) in [5, 5.41) is 8.95. The molecule has 0 bridgehead atoms. The summed E-state index contributed by atoms with van der Waals surface area (Å²) in [6, 6.07) is 0.874. The van der Waals surface area contributed by atoms with Crippen LogP contribution in [-0.2, 0) is 0 Å². The van der Waals surface area contributed by atoms with Crippen LogP contribution in [0.5, 0.6) is 0 Å². The van der Waals surface area contributed by atoms with E-state index in [0.29, 0.717) is 6.61 Å². The summed E-state index contributed by atoms with van der Waals surface area (Å²) in [6.45, 7) is 5.35. The van der Waals surface area contributed by atoms with Crippen molar-refractivity contribution in [2.24, 2.45) is 11.8 Å². The molecule has 1 heterocycles. The summed E-state index contributed by atoms with van der Waals surface area (Å²) in [7, 11) is 0. The summed E-state index contributed by atoms with van der Waals surface area (Å²) in [5.41, 5.74) is 0. The van der Waals surface area contributed by atoms with Crippen LogP contribution in [0.15, 0.2) is 0 Å². The van der Waals surface area contributed by atoms with E-state index < -0.39 is 0 Å². The van der Waals surface area contributed by atoms with E-state index in [1.54, 1.807) is 0 Å². The highest BCUT2D eigenvalue weighted by atomic mass is 16.3. The zero-order valence-electron chi connectivity index (χ0n) is 10.7. The minimum Gasteiger partial charge on any atom is -0.396 e. The van der Waals surface area contributed by atoms with Gasteiger partial charge in [0.05, 0.1) is 0 Å². The van der Waals surface area contributed by atoms with Crippen molar-refractivity contribution >= 4 is 0 Å². The Balaban J connectivity index is 1.75. The Bertz CT molecular complexity index is 199. The van der Waals surface area contributed by atoms with E-state index in [1.807, 2.05) is 0 Å². The third-order valence-corrected chi connectivity index (χ3v) is 4.61. The van der Waals surface area contributed by atoms with Crippen molar-refractivity contribution in [1.29, 1.82) is 0 Å². The number of aliphatic hydroxyl groups is 1. The average molecular weight is 225 g/mol. The van der Waals surface area contributed by atoms with Crippen LogP contribution in [0.2, 0.25) is 0 Å². The van der Waals surface area contributed by atoms with E-state index in [9.17, 15) is 0 Å². The number of rotatable bonds is 3. The van der Waals surface area contributed by atoms with Gasteiger partial charge < -0.3 is 10.0 Å². The van der Waals surface area contributed by atoms with Gasteiger partial charge in [0.15, 0.2) is 0 Å². The molecule has 0 aromatic heterocycles. The average Bonchev–Trinajstić information content (AvgIpc) is 2.30. The van der Waals surface area contributed by atoms with Crippen molar-refractivity contribution in [3.8, 4) is 0 Å². The molecule has 1 saturated carbocycles. The number of aliphatic hydroxyl groups excluding tert-OH is 1. The quantitative estimate of drug-likeness (QED) is 0.798. The van der Waals surface area contributed by atoms with Gasteiger partial charge in [-0.15, -0.1) is 0 Å². The summed E-state index contributed by atoms with van der Waals surface area (Å²) >= 11 is 0. The first-order valence-corrected chi connectivity index (χ1v) is 7.14. The lowest BCUT2D eigenvalue weighted by Crippen LogP contribution is -2.43. The Labute approximate surface area is 100 Å². The van der Waals surface area contributed by atoms with E-state index >= 15 is 0 Å². The molecule has 0 aromatic carbocycles. The molecule has 2 rings (SSSR count). The smallest absolute Gasteiger partial charge is 0.0433 e. The van der Waals surface area contributed by atoms with Gasteiger partial charge >= 0.3 is 0 Å². The predicted octanol–water partition coefficient (Wildman–Crippen LogP) is 2.66. The number of hydrogen-bond donors (Lipinski definition) is 1. The van der Waals surface area contributed by atoms with E-state index in [4.69, 9.17) is 5.11 Å². The Hall–Kier alpha value is -0.0800. The fraction of sp³-hybridized carbons (Fsp3) is 1.00. The molecule has 0 radical (unpaired) electrons. The van der Waals surface area contributed by atoms with Crippen molar-refractivity contribution in [3.05, 3.63) is 0 Å². The van der Waals surface area contributed by atoms with Crippen molar-refractivity contribution in [3.63, 3.8) is 0 Å². The second-order valence-electron chi connectivity index (χ2n) is 5.92. The summed E-state index contributed by atoms with van der Waals surface area (Å²) < 4.78 is 0. The van der Waals surface area contributed by atoms with E-state index in [2.05, 4.69) is 11.8 Å². The Morgan fingerprint density at radius 1 is 1.12 bits per heavy atom. The first-order valence-electron chi connectivity index (χ1n) is 7.14. The lowest BCUT2D eigenvalue weighted by atomic mass is 9.84. The third kappa shape index (κ3) is 3.21. The van der Waals surface area contributed by atoms with Gasteiger partial charge in [-0.2, -0.15) is 0 Å². The molecule has 2 nitrogen and oxygen atoms in total. The van der Waals surface area contributed by atoms with Gasteiger partial charge in [-0.05, 0) is 57.0 Å². The van der Waals surface area contributed by atoms with Crippen LogP contribution >= 0.6 is 0 Å². The van der Waals surface area contributed by atoms with Crippen LogP contribution in [0.3, 0.4) is 0 Å². The normalized spacial score (nSPS) is 34.1. The maximum absolute atomic E-state index is 8.95. The fourth-order valence-corrected chi connectivity index (χ4v) is 3.52. The molecular formula is C14H27NO. The second-order valence-corrected chi connectivity index (χ2v) is 5.92. The van der Waals surface area contributed by atoms with Crippen molar-refractivity contribution in [1.82, 2.24) is 4.90 Å². The molecule has 1 aliphatic heterocycles. The third-order valence-electron chi connectivity index (χ3n) is 4.61. The van der Waals surface area contributed by atoms with E-state index in [1.165, 1.54) is 51.6 Å². The van der Waals surface area contributed by atoms with Crippen LogP contribution in [0.25, 0.3) is 0 Å². The molecule has 94 valence electrons. The van der Waals surface area contributed by atoms with Gasteiger partial charge in [0.25, 0.3) is 0 Å². The number of nitrogens with zero attached hydrogens (tertiary/aromatic N) is 1. The summed E-state index contributed by atoms with van der Waals surface area (Å²) in [6.07, 6.45) is 9.37. The van der Waals surface area contributed by atoms with Gasteiger partial charge in [-0.1, -0.05) is 19.8 Å². The molecule has 0 aromatic rings. The topological polar surface area (TPSA) is 23.5 Å². The summed E-state index contributed by atoms with van der Waals surface area (Å²) in [5.74, 6) is 1.73. The predicted molar refractivity (Wildman–Crippen MR) is 67.4 cm³/mol. The van der Waals surface area contributed by atoms with Crippen molar-refractivity contribution < 1.29 is 5.11 Å². The minimum absolute atomic E-state index is 0.380. The maximum Gasteiger partial charge on any atom is 0.0433 e. The Morgan fingerprint density at radius 3 is 2.50 bits per heavy atom. The molecule has 1 N–H and O–H groups in total. The van der Waals surface area contributed by atoms with Gasteiger partial charge in [0.2, 0.25) is 0 Å². The first kappa shape index (κ1) is 12.4. The van der Waals surface area contributed by atoms with Gasteiger partial charge in [-0.3, -0.25) is 0 Å². The lowest BCUT2D eigenvalue weighted by molar-refractivity contribution is 0.0854. The Morgan fingerprint density at radius 2 is 1.88 bits per heavy atom. The van der Waals surface area contributed by atoms with Crippen molar-refractivity contribution in [2.75, 3.05) is 19.7 Å². The van der Waals surface area contributed by atoms with E-state index in [0.717, 1.165) is 24.3 Å². The number of piperidine rings is 1. The first-order chi connectivity index (χ1) is 7.79. The fourth-order valence-electron chi connectivity index (χ4n) is 3.52. The highest BCUT2D eigenvalue weighted by Crippen LogP contribution is 2.30. The molecule has 2 fully saturated rings. The molecule has 0 amide bonds. The molecule has 2 aliphatic rings. The van der Waals surface area contributed by atoms with Gasteiger partial charge in [0.1, 0.15) is 0 Å². The minimum atomic E-state index is 0.380. The molecule has 1 saturated heterocycles. The zero-order valence-corrected chi connectivity index (χ0v) is 10.7. The van der Waals surface area contributed by atoms with E-state index in [-0.39, 0.29) is 0 Å². The van der Waals surface area contributed by atoms with Crippen LogP contribution < -0.4 is 0 Å². The molecule has 0 spiro atoms. The highest BCUT2D eigenvalue weighted by Gasteiger charge is 2.27. The molecule has 2 heteroatoms. The standard InChI is InChI=1S/C14H27NO/c1-12-3-2-4-14(11-12)15-8-5-13(6-9-15)7-10-16/h12-14,16H,2-11H2,1H3/t12-,14+/m1/s1. The SMILES string of the molecule is C[C@@H]1CCC[C@H](N2CCC(CCO)CC2)C1. The van der Waals surface area contributed by atoms with Crippen LogP contribution in [0, 0.1) is 11.8 Å². The maximum atomic E-state index is 8.95. The number of hydrogen-bond acceptors (Lipinski definition) is 2. The summed E-state index contributed by atoms with van der Waals surface area (Å²) in [4.78, 5) is 2.73. The van der Waals surface area contributed by atoms with Gasteiger partial charge in [0, 0.05) is 12.6 Å². The van der Waals surface area contributed by atoms with Gasteiger partial charge in [-0.25, -0.2) is 0 Å². The van der Waals surface area contributed by atoms with Crippen molar-refractivity contribution in [2.45, 2.75) is 57.9 Å². The molecule has 2 atom stereocenters. The molecule has 16 heavy (non-hydrogen) atoms. The molecule has 1 aliphatic carbocycles. The number of likely N-dealkylation sites (tertiary alicyclic amines) is 1. The van der Waals surface area contributed by atoms with Crippen LogP contribution in [0.1, 0.15) is 51.9 Å². The largest absolute Gasteiger partial charge is 0.396 e. The Kier molecular flexibility index (Phi) is 4.66. The monoisotopic (exact) mass is 225 g/mol.